The largest absolute Gasteiger partial charge is 0.375 e. The lowest BCUT2D eigenvalue weighted by Crippen LogP contribution is -2.31. The minimum Gasteiger partial charge on any atom is -0.375 e. The summed E-state index contributed by atoms with van der Waals surface area (Å²) in [5, 5.41) is 5.72. The van der Waals surface area contributed by atoms with Crippen LogP contribution < -0.4 is 10.6 Å². The van der Waals surface area contributed by atoms with Crippen LogP contribution >= 0.6 is 11.8 Å². The molecule has 1 aromatic rings. The third-order valence-corrected chi connectivity index (χ3v) is 3.62. The summed E-state index contributed by atoms with van der Waals surface area (Å²) < 4.78 is 24.7. The Bertz CT molecular complexity index is 438. The first kappa shape index (κ1) is 14.1. The van der Waals surface area contributed by atoms with Crippen molar-refractivity contribution in [1.82, 2.24) is 5.32 Å². The van der Waals surface area contributed by atoms with Gasteiger partial charge in [-0.25, -0.2) is 0 Å². The summed E-state index contributed by atoms with van der Waals surface area (Å²) in [5.74, 6) is -1.94. The highest BCUT2D eigenvalue weighted by molar-refractivity contribution is 7.99. The Hall–Kier alpha value is -1.30. The monoisotopic (exact) mass is 286 g/mol. The first-order valence-electron chi connectivity index (χ1n) is 6.19. The maximum Gasteiger partial charge on any atom is 0.288 e. The maximum atomic E-state index is 12.4. The van der Waals surface area contributed by atoms with Crippen molar-refractivity contribution in [2.24, 2.45) is 5.92 Å². The number of alkyl halides is 2. The molecule has 2 rings (SSSR count). The van der Waals surface area contributed by atoms with Crippen molar-refractivity contribution in [1.29, 1.82) is 0 Å². The number of carbonyl (C=O) groups excluding carboxylic acids is 1. The average Bonchev–Trinajstić information content (AvgIpc) is 3.18. The highest BCUT2D eigenvalue weighted by Crippen LogP contribution is 2.31. The third kappa shape index (κ3) is 5.06. The molecule has 0 atom stereocenters. The van der Waals surface area contributed by atoms with Crippen LogP contribution in [0.2, 0.25) is 0 Å². The van der Waals surface area contributed by atoms with Gasteiger partial charge in [0, 0.05) is 17.1 Å². The number of amides is 1. The van der Waals surface area contributed by atoms with E-state index in [4.69, 9.17) is 0 Å². The van der Waals surface area contributed by atoms with Gasteiger partial charge in [-0.15, -0.1) is 0 Å². The Labute approximate surface area is 115 Å². The van der Waals surface area contributed by atoms with Crippen LogP contribution in [0.1, 0.15) is 12.8 Å². The van der Waals surface area contributed by atoms with Crippen LogP contribution in [0.5, 0.6) is 0 Å². The highest BCUT2D eigenvalue weighted by atomic mass is 32.2. The summed E-state index contributed by atoms with van der Waals surface area (Å²) in [6.07, 6.45) is 2.36. The van der Waals surface area contributed by atoms with Crippen molar-refractivity contribution in [3.05, 3.63) is 24.3 Å². The maximum absolute atomic E-state index is 12.4. The molecule has 2 N–H and O–H groups in total. The van der Waals surface area contributed by atoms with Crippen molar-refractivity contribution in [2.45, 2.75) is 23.5 Å². The predicted octanol–water partition coefficient (Wildman–Crippen LogP) is 2.94. The predicted molar refractivity (Wildman–Crippen MR) is 72.5 cm³/mol. The fourth-order valence-corrected chi connectivity index (χ4v) is 2.25. The van der Waals surface area contributed by atoms with Crippen LogP contribution in [-0.2, 0) is 4.79 Å². The number of hydrogen-bond acceptors (Lipinski definition) is 3. The van der Waals surface area contributed by atoms with Gasteiger partial charge in [-0.3, -0.25) is 4.79 Å². The molecule has 1 amide bonds. The summed E-state index contributed by atoms with van der Waals surface area (Å²) in [6, 6.07) is 6.75. The Morgan fingerprint density at radius 2 is 2.11 bits per heavy atom. The van der Waals surface area contributed by atoms with Gasteiger partial charge < -0.3 is 10.6 Å². The molecule has 0 aliphatic heterocycles. The molecule has 0 spiro atoms. The van der Waals surface area contributed by atoms with Crippen LogP contribution in [-0.4, -0.2) is 24.8 Å². The number of thioether (sulfide) groups is 1. The lowest BCUT2D eigenvalue weighted by molar-refractivity contribution is -0.119. The molecule has 6 heteroatoms. The molecule has 104 valence electrons. The van der Waals surface area contributed by atoms with Gasteiger partial charge in [0.25, 0.3) is 5.76 Å². The summed E-state index contributed by atoms with van der Waals surface area (Å²) in [6.45, 7) is 0.821. The van der Waals surface area contributed by atoms with Gasteiger partial charge in [0.15, 0.2) is 0 Å². The van der Waals surface area contributed by atoms with Crippen LogP contribution in [0.25, 0.3) is 0 Å². The van der Waals surface area contributed by atoms with E-state index in [9.17, 15) is 13.6 Å². The van der Waals surface area contributed by atoms with Gasteiger partial charge in [0.05, 0.1) is 6.54 Å². The number of carbonyl (C=O) groups is 1. The molecule has 1 saturated carbocycles. The molecule has 0 radical (unpaired) electrons. The molecule has 0 unspecified atom stereocenters. The summed E-state index contributed by atoms with van der Waals surface area (Å²) in [7, 11) is 0. The van der Waals surface area contributed by atoms with Crippen LogP contribution in [0.3, 0.4) is 0 Å². The number of halogens is 2. The van der Waals surface area contributed by atoms with Gasteiger partial charge in [0.1, 0.15) is 0 Å². The minimum absolute atomic E-state index is 0.105. The number of rotatable bonds is 7. The van der Waals surface area contributed by atoms with Crippen molar-refractivity contribution in [3.63, 3.8) is 0 Å². The Morgan fingerprint density at radius 1 is 1.37 bits per heavy atom. The van der Waals surface area contributed by atoms with E-state index >= 15 is 0 Å². The van der Waals surface area contributed by atoms with Gasteiger partial charge in [-0.2, -0.15) is 8.78 Å². The standard InChI is InChI=1S/C13H16F2N2OS/c14-13(15)19-11-4-2-1-3-10(11)16-8-12(18)17-7-9-5-6-9/h1-4,9,13,16H,5-8H2,(H,17,18). The number of anilines is 1. The molecular formula is C13H16F2N2OS. The highest BCUT2D eigenvalue weighted by Gasteiger charge is 2.21. The van der Waals surface area contributed by atoms with E-state index in [0.29, 0.717) is 34.8 Å². The number of para-hydroxylation sites is 1. The SMILES string of the molecule is O=C(CNc1ccccc1SC(F)F)NCC1CC1. The Kier molecular flexibility index (Phi) is 5.01. The zero-order valence-electron chi connectivity index (χ0n) is 10.4. The van der Waals surface area contributed by atoms with E-state index in [1.54, 1.807) is 24.3 Å². The summed E-state index contributed by atoms with van der Waals surface area (Å²) >= 11 is 0.477. The number of hydrogen-bond donors (Lipinski definition) is 2. The molecule has 1 fully saturated rings. The molecular weight excluding hydrogens is 270 g/mol. The second-order valence-electron chi connectivity index (χ2n) is 4.48. The van der Waals surface area contributed by atoms with E-state index in [0.717, 1.165) is 0 Å². The van der Waals surface area contributed by atoms with Gasteiger partial charge >= 0.3 is 0 Å². The zero-order valence-corrected chi connectivity index (χ0v) is 11.2. The van der Waals surface area contributed by atoms with Gasteiger partial charge in [-0.05, 0) is 30.9 Å². The van der Waals surface area contributed by atoms with Gasteiger partial charge in [-0.1, -0.05) is 23.9 Å². The van der Waals surface area contributed by atoms with Crippen molar-refractivity contribution >= 4 is 23.4 Å². The topological polar surface area (TPSA) is 41.1 Å². The Balaban J connectivity index is 1.81. The van der Waals surface area contributed by atoms with Crippen LogP contribution in [0.15, 0.2) is 29.2 Å². The summed E-state index contributed by atoms with van der Waals surface area (Å²) in [4.78, 5) is 12.0. The van der Waals surface area contributed by atoms with E-state index in [1.165, 1.54) is 12.8 Å². The fraction of sp³-hybridized carbons (Fsp3) is 0.462. The van der Waals surface area contributed by atoms with Crippen molar-refractivity contribution in [3.8, 4) is 0 Å². The molecule has 0 saturated heterocycles. The summed E-state index contributed by atoms with van der Waals surface area (Å²) in [5.41, 5.74) is 0.564. The molecule has 0 aromatic heterocycles. The fourth-order valence-electron chi connectivity index (χ4n) is 1.63. The van der Waals surface area contributed by atoms with E-state index in [-0.39, 0.29) is 12.5 Å². The smallest absolute Gasteiger partial charge is 0.288 e. The number of nitrogens with one attached hydrogen (secondary N) is 2. The van der Waals surface area contributed by atoms with Crippen LogP contribution in [0, 0.1) is 5.92 Å². The first-order valence-corrected chi connectivity index (χ1v) is 7.07. The average molecular weight is 286 g/mol. The lowest BCUT2D eigenvalue weighted by atomic mass is 10.3. The second-order valence-corrected chi connectivity index (χ2v) is 5.51. The van der Waals surface area contributed by atoms with Gasteiger partial charge in [0.2, 0.25) is 5.91 Å². The molecule has 0 heterocycles. The van der Waals surface area contributed by atoms with Crippen molar-refractivity contribution < 1.29 is 13.6 Å². The second kappa shape index (κ2) is 6.75. The molecule has 1 aromatic carbocycles. The Morgan fingerprint density at radius 3 is 2.79 bits per heavy atom. The van der Waals surface area contributed by atoms with Crippen molar-refractivity contribution in [2.75, 3.05) is 18.4 Å². The zero-order chi connectivity index (χ0) is 13.7. The molecule has 1 aliphatic rings. The normalized spacial score (nSPS) is 14.5. The molecule has 1 aliphatic carbocycles. The van der Waals surface area contributed by atoms with E-state index < -0.39 is 5.76 Å². The quantitative estimate of drug-likeness (QED) is 0.757. The number of benzene rings is 1. The molecule has 3 nitrogen and oxygen atoms in total. The lowest BCUT2D eigenvalue weighted by Gasteiger charge is -2.11. The first-order chi connectivity index (χ1) is 9.15. The third-order valence-electron chi connectivity index (χ3n) is 2.83. The van der Waals surface area contributed by atoms with E-state index in [2.05, 4.69) is 10.6 Å². The van der Waals surface area contributed by atoms with Crippen LogP contribution in [0.4, 0.5) is 14.5 Å². The molecule has 0 bridgehead atoms. The minimum atomic E-state index is -2.47. The molecule has 19 heavy (non-hydrogen) atoms. The van der Waals surface area contributed by atoms with E-state index in [1.807, 2.05) is 0 Å².